The third-order valence-electron chi connectivity index (χ3n) is 1.65. The van der Waals surface area contributed by atoms with Gasteiger partial charge in [0.1, 0.15) is 11.7 Å². The number of rotatable bonds is 1. The van der Waals surface area contributed by atoms with Crippen molar-refractivity contribution in [1.29, 1.82) is 0 Å². The molecule has 0 spiro atoms. The summed E-state index contributed by atoms with van der Waals surface area (Å²) < 4.78 is 1.16. The third-order valence-corrected chi connectivity index (χ3v) is 1.65. The molecule has 3 N–H and O–H groups in total. The minimum atomic E-state index is -1.19. The van der Waals surface area contributed by atoms with E-state index in [2.05, 4.69) is 16.8 Å². The summed E-state index contributed by atoms with van der Waals surface area (Å²) in [5.41, 5.74) is -1.09. The van der Waals surface area contributed by atoms with Gasteiger partial charge < -0.3 is 14.8 Å². The molecule has 80 valence electrons. The molecular formula is C9H10N2O4. The van der Waals surface area contributed by atoms with Crippen LogP contribution in [0.4, 0.5) is 0 Å². The molecular weight excluding hydrogens is 200 g/mol. The highest BCUT2D eigenvalue weighted by Gasteiger charge is 1.99. The topological polar surface area (TPSA) is 95.3 Å². The molecule has 0 aromatic carbocycles. The highest BCUT2D eigenvalue weighted by atomic mass is 16.3. The molecule has 0 amide bonds. The van der Waals surface area contributed by atoms with Crippen LogP contribution in [0.25, 0.3) is 0 Å². The Balaban J connectivity index is 3.15. The van der Waals surface area contributed by atoms with Crippen molar-refractivity contribution in [3.05, 3.63) is 32.6 Å². The molecule has 6 heteroatoms. The second kappa shape index (κ2) is 4.59. The Labute approximate surface area is 84.8 Å². The lowest BCUT2D eigenvalue weighted by Crippen LogP contribution is -2.29. The van der Waals surface area contributed by atoms with Gasteiger partial charge in [0.05, 0.1) is 6.61 Å². The highest BCUT2D eigenvalue weighted by molar-refractivity contribution is 5.30. The SMILES string of the molecule is Cn1cc(C#C[C@H](O)CO)c(=O)[nH]c1=O. The maximum atomic E-state index is 11.2. The number of aromatic amines is 1. The van der Waals surface area contributed by atoms with Gasteiger partial charge in [-0.1, -0.05) is 11.8 Å². The van der Waals surface area contributed by atoms with Crippen molar-refractivity contribution in [3.63, 3.8) is 0 Å². The number of nitrogens with one attached hydrogen (secondary N) is 1. The number of aliphatic hydroxyl groups is 2. The molecule has 1 aromatic heterocycles. The van der Waals surface area contributed by atoms with E-state index in [4.69, 9.17) is 10.2 Å². The minimum absolute atomic E-state index is 0.0598. The van der Waals surface area contributed by atoms with Crippen LogP contribution in [0.2, 0.25) is 0 Å². The Morgan fingerprint density at radius 3 is 2.87 bits per heavy atom. The van der Waals surface area contributed by atoms with Gasteiger partial charge in [-0.25, -0.2) is 4.79 Å². The molecule has 0 aliphatic carbocycles. The predicted molar refractivity (Wildman–Crippen MR) is 52.3 cm³/mol. The molecule has 0 saturated heterocycles. The van der Waals surface area contributed by atoms with Crippen LogP contribution in [-0.2, 0) is 7.05 Å². The van der Waals surface area contributed by atoms with Crippen molar-refractivity contribution in [2.45, 2.75) is 6.10 Å². The van der Waals surface area contributed by atoms with E-state index in [0.29, 0.717) is 0 Å². The average molecular weight is 210 g/mol. The fraction of sp³-hybridized carbons (Fsp3) is 0.333. The molecule has 1 rings (SSSR count). The zero-order valence-corrected chi connectivity index (χ0v) is 8.02. The number of aryl methyl sites for hydroxylation is 1. The van der Waals surface area contributed by atoms with Gasteiger partial charge in [-0.05, 0) is 0 Å². The van der Waals surface area contributed by atoms with E-state index in [1.54, 1.807) is 0 Å². The lowest BCUT2D eigenvalue weighted by molar-refractivity contribution is 0.138. The second-order valence-corrected chi connectivity index (χ2v) is 2.88. The largest absolute Gasteiger partial charge is 0.393 e. The van der Waals surface area contributed by atoms with E-state index < -0.39 is 24.0 Å². The van der Waals surface area contributed by atoms with Crippen LogP contribution < -0.4 is 11.2 Å². The summed E-state index contributed by atoms with van der Waals surface area (Å²) in [7, 11) is 1.46. The Hall–Kier alpha value is -1.84. The number of nitrogens with zero attached hydrogens (tertiary/aromatic N) is 1. The molecule has 6 nitrogen and oxygen atoms in total. The van der Waals surface area contributed by atoms with Crippen LogP contribution in [0.1, 0.15) is 5.56 Å². The summed E-state index contributed by atoms with van der Waals surface area (Å²) in [5.74, 6) is 4.62. The van der Waals surface area contributed by atoms with E-state index in [-0.39, 0.29) is 5.56 Å². The maximum absolute atomic E-state index is 11.2. The normalized spacial score (nSPS) is 11.7. The van der Waals surface area contributed by atoms with E-state index in [9.17, 15) is 9.59 Å². The van der Waals surface area contributed by atoms with Crippen LogP contribution in [0.3, 0.4) is 0 Å². The number of aliphatic hydroxyl groups excluding tert-OH is 2. The Morgan fingerprint density at radius 1 is 1.60 bits per heavy atom. The van der Waals surface area contributed by atoms with Crippen molar-refractivity contribution < 1.29 is 10.2 Å². The van der Waals surface area contributed by atoms with Gasteiger partial charge in [0, 0.05) is 13.2 Å². The summed E-state index contributed by atoms with van der Waals surface area (Å²) in [6.07, 6.45) is 0.0692. The zero-order valence-electron chi connectivity index (χ0n) is 8.02. The molecule has 1 heterocycles. The van der Waals surface area contributed by atoms with Crippen LogP contribution in [0, 0.1) is 11.8 Å². The van der Waals surface area contributed by atoms with Crippen molar-refractivity contribution in [3.8, 4) is 11.8 Å². The second-order valence-electron chi connectivity index (χ2n) is 2.88. The quantitative estimate of drug-likeness (QED) is 0.457. The fourth-order valence-electron chi connectivity index (χ4n) is 0.859. The maximum Gasteiger partial charge on any atom is 0.328 e. The molecule has 0 unspecified atom stereocenters. The van der Waals surface area contributed by atoms with Gasteiger partial charge in [0.2, 0.25) is 0 Å². The van der Waals surface area contributed by atoms with Gasteiger partial charge in [-0.3, -0.25) is 9.78 Å². The lowest BCUT2D eigenvalue weighted by Gasteiger charge is -1.96. The molecule has 15 heavy (non-hydrogen) atoms. The van der Waals surface area contributed by atoms with Crippen LogP contribution in [0.15, 0.2) is 15.8 Å². The van der Waals surface area contributed by atoms with Crippen LogP contribution >= 0.6 is 0 Å². The first kappa shape index (κ1) is 11.2. The molecule has 0 fully saturated rings. The average Bonchev–Trinajstić information content (AvgIpc) is 2.21. The number of H-pyrrole nitrogens is 1. The summed E-state index contributed by atoms with van der Waals surface area (Å²) in [4.78, 5) is 24.2. The van der Waals surface area contributed by atoms with E-state index in [0.717, 1.165) is 4.57 Å². The third kappa shape index (κ3) is 2.80. The number of hydrogen-bond donors (Lipinski definition) is 3. The standard InChI is InChI=1S/C9H10N2O4/c1-11-4-6(2-3-7(13)5-12)8(14)10-9(11)15/h4,7,12-13H,5H2,1H3,(H,10,14,15)/t7-/m0/s1. The van der Waals surface area contributed by atoms with Crippen molar-refractivity contribution in [2.24, 2.45) is 7.05 Å². The number of hydrogen-bond acceptors (Lipinski definition) is 4. The van der Waals surface area contributed by atoms with Crippen molar-refractivity contribution in [1.82, 2.24) is 9.55 Å². The molecule has 1 aromatic rings. The predicted octanol–water partition coefficient (Wildman–Crippen LogP) is -2.22. The van der Waals surface area contributed by atoms with Crippen LogP contribution in [-0.4, -0.2) is 32.5 Å². The Bertz CT molecular complexity index is 517. The van der Waals surface area contributed by atoms with Gasteiger partial charge in [-0.15, -0.1) is 0 Å². The smallest absolute Gasteiger partial charge is 0.328 e. The Kier molecular flexibility index (Phi) is 3.44. The fourth-order valence-corrected chi connectivity index (χ4v) is 0.859. The molecule has 0 bridgehead atoms. The molecule has 0 saturated carbocycles. The number of aromatic nitrogens is 2. The first-order valence-corrected chi connectivity index (χ1v) is 4.15. The van der Waals surface area contributed by atoms with Gasteiger partial charge in [-0.2, -0.15) is 0 Å². The Morgan fingerprint density at radius 2 is 2.27 bits per heavy atom. The molecule has 0 radical (unpaired) electrons. The van der Waals surface area contributed by atoms with Crippen molar-refractivity contribution >= 4 is 0 Å². The first-order valence-electron chi connectivity index (χ1n) is 4.15. The van der Waals surface area contributed by atoms with E-state index in [1.807, 2.05) is 0 Å². The van der Waals surface area contributed by atoms with Gasteiger partial charge in [0.25, 0.3) is 5.56 Å². The monoisotopic (exact) mass is 210 g/mol. The van der Waals surface area contributed by atoms with E-state index in [1.165, 1.54) is 13.2 Å². The summed E-state index contributed by atoms with van der Waals surface area (Å²) in [6, 6.07) is 0. The van der Waals surface area contributed by atoms with Gasteiger partial charge in [0.15, 0.2) is 0 Å². The van der Waals surface area contributed by atoms with E-state index >= 15 is 0 Å². The van der Waals surface area contributed by atoms with Crippen LogP contribution in [0.5, 0.6) is 0 Å². The summed E-state index contributed by atoms with van der Waals surface area (Å²) in [6.45, 7) is -0.503. The highest BCUT2D eigenvalue weighted by Crippen LogP contribution is 1.83. The molecule has 1 atom stereocenters. The van der Waals surface area contributed by atoms with Gasteiger partial charge >= 0.3 is 5.69 Å². The zero-order chi connectivity index (χ0) is 11.4. The summed E-state index contributed by atoms with van der Waals surface area (Å²) in [5, 5.41) is 17.4. The minimum Gasteiger partial charge on any atom is -0.393 e. The summed E-state index contributed by atoms with van der Waals surface area (Å²) >= 11 is 0. The van der Waals surface area contributed by atoms with Crippen molar-refractivity contribution in [2.75, 3.05) is 6.61 Å². The molecule has 0 aliphatic rings. The first-order chi connectivity index (χ1) is 7.04. The lowest BCUT2D eigenvalue weighted by atomic mass is 10.3. The molecule has 0 aliphatic heterocycles.